The zero-order chi connectivity index (χ0) is 6.85. The molecule has 9 heavy (non-hydrogen) atoms. The largest absolute Gasteiger partial charge is 0.338 e. The van der Waals surface area contributed by atoms with E-state index in [1.54, 1.807) is 12.3 Å². The number of aromatic nitrogens is 1. The van der Waals surface area contributed by atoms with Gasteiger partial charge in [-0.15, -0.1) is 0 Å². The lowest BCUT2D eigenvalue weighted by molar-refractivity contribution is 0.993. The van der Waals surface area contributed by atoms with Crippen molar-refractivity contribution in [3.8, 4) is 6.07 Å². The molecule has 0 unspecified atom stereocenters. The molecule has 3 nitrogen and oxygen atoms in total. The molecule has 0 saturated heterocycles. The summed E-state index contributed by atoms with van der Waals surface area (Å²) >= 11 is 3.17. The zero-order valence-electron chi connectivity index (χ0n) is 4.50. The monoisotopic (exact) mass is 185 g/mol. The summed E-state index contributed by atoms with van der Waals surface area (Å²) in [5.74, 6) is 5.32. The standard InChI is InChI=1S/C5H4BrN3/c6-4-1-5(2-7)9(8)3-4/h1,3H,8H2. The van der Waals surface area contributed by atoms with Crippen molar-refractivity contribution in [3.63, 3.8) is 0 Å². The van der Waals surface area contributed by atoms with E-state index >= 15 is 0 Å². The molecule has 0 aliphatic rings. The molecule has 1 aromatic rings. The third kappa shape index (κ3) is 1.06. The van der Waals surface area contributed by atoms with Crippen molar-refractivity contribution in [1.82, 2.24) is 4.68 Å². The fourth-order valence-electron chi connectivity index (χ4n) is 0.535. The molecule has 4 heteroatoms. The first kappa shape index (κ1) is 6.17. The maximum atomic E-state index is 8.36. The second-order valence-electron chi connectivity index (χ2n) is 1.56. The van der Waals surface area contributed by atoms with Gasteiger partial charge >= 0.3 is 0 Å². The van der Waals surface area contributed by atoms with E-state index in [9.17, 15) is 0 Å². The molecule has 1 aromatic heterocycles. The third-order valence-electron chi connectivity index (χ3n) is 0.930. The summed E-state index contributed by atoms with van der Waals surface area (Å²) in [6.07, 6.45) is 1.62. The minimum Gasteiger partial charge on any atom is -0.338 e. The number of hydrogen-bond acceptors (Lipinski definition) is 2. The molecule has 46 valence electrons. The highest BCUT2D eigenvalue weighted by molar-refractivity contribution is 9.10. The van der Waals surface area contributed by atoms with Gasteiger partial charge in [-0.05, 0) is 22.0 Å². The maximum absolute atomic E-state index is 8.36. The summed E-state index contributed by atoms with van der Waals surface area (Å²) in [6.45, 7) is 0. The van der Waals surface area contributed by atoms with Gasteiger partial charge < -0.3 is 5.84 Å². The van der Waals surface area contributed by atoms with Gasteiger partial charge in [0.15, 0.2) is 0 Å². The SMILES string of the molecule is N#Cc1cc(Br)cn1N. The number of rotatable bonds is 0. The maximum Gasteiger partial charge on any atom is 0.140 e. The van der Waals surface area contributed by atoms with E-state index < -0.39 is 0 Å². The Balaban J connectivity index is 3.20. The van der Waals surface area contributed by atoms with E-state index in [4.69, 9.17) is 11.1 Å². The molecular formula is C5H4BrN3. The molecule has 0 radical (unpaired) electrons. The van der Waals surface area contributed by atoms with Crippen molar-refractivity contribution in [2.24, 2.45) is 0 Å². The van der Waals surface area contributed by atoms with E-state index in [2.05, 4.69) is 15.9 Å². The average Bonchev–Trinajstić information content (AvgIpc) is 2.10. The van der Waals surface area contributed by atoms with Crippen LogP contribution in [0.5, 0.6) is 0 Å². The van der Waals surface area contributed by atoms with Crippen LogP contribution >= 0.6 is 15.9 Å². The van der Waals surface area contributed by atoms with Crippen LogP contribution in [0.25, 0.3) is 0 Å². The highest BCUT2D eigenvalue weighted by Gasteiger charge is 1.97. The van der Waals surface area contributed by atoms with Crippen LogP contribution in [0.3, 0.4) is 0 Å². The van der Waals surface area contributed by atoms with Crippen LogP contribution in [-0.2, 0) is 0 Å². The number of nitrogen functional groups attached to an aromatic ring is 1. The first-order valence-electron chi connectivity index (χ1n) is 2.27. The Morgan fingerprint density at radius 2 is 2.44 bits per heavy atom. The molecule has 2 N–H and O–H groups in total. The van der Waals surface area contributed by atoms with E-state index in [1.807, 2.05) is 6.07 Å². The summed E-state index contributed by atoms with van der Waals surface area (Å²) in [5.41, 5.74) is 0.446. The normalized spacial score (nSPS) is 8.89. The Labute approximate surface area is 60.8 Å². The fourth-order valence-corrected chi connectivity index (χ4v) is 0.972. The van der Waals surface area contributed by atoms with Crippen molar-refractivity contribution < 1.29 is 0 Å². The predicted molar refractivity (Wildman–Crippen MR) is 37.0 cm³/mol. The molecule has 0 bridgehead atoms. The van der Waals surface area contributed by atoms with Crippen LogP contribution in [0.15, 0.2) is 16.7 Å². The van der Waals surface area contributed by atoms with Crippen LogP contribution in [0.2, 0.25) is 0 Å². The number of nitriles is 1. The second kappa shape index (κ2) is 2.11. The number of nitrogens with zero attached hydrogens (tertiary/aromatic N) is 2. The van der Waals surface area contributed by atoms with Gasteiger partial charge in [0.1, 0.15) is 11.8 Å². The van der Waals surface area contributed by atoms with Gasteiger partial charge in [0.05, 0.1) is 0 Å². The van der Waals surface area contributed by atoms with Crippen molar-refractivity contribution in [2.45, 2.75) is 0 Å². The van der Waals surface area contributed by atoms with Crippen LogP contribution in [0.4, 0.5) is 0 Å². The highest BCUT2D eigenvalue weighted by Crippen LogP contribution is 2.10. The first-order valence-corrected chi connectivity index (χ1v) is 3.06. The Morgan fingerprint density at radius 1 is 1.78 bits per heavy atom. The summed E-state index contributed by atoms with van der Waals surface area (Å²) in [6, 6.07) is 3.58. The topological polar surface area (TPSA) is 54.7 Å². The van der Waals surface area contributed by atoms with Crippen LogP contribution < -0.4 is 5.84 Å². The zero-order valence-corrected chi connectivity index (χ0v) is 6.09. The van der Waals surface area contributed by atoms with E-state index in [-0.39, 0.29) is 0 Å². The minimum absolute atomic E-state index is 0.446. The quantitative estimate of drug-likeness (QED) is 0.610. The van der Waals surface area contributed by atoms with Gasteiger partial charge in [-0.25, -0.2) is 0 Å². The number of hydrogen-bond donors (Lipinski definition) is 1. The van der Waals surface area contributed by atoms with E-state index in [0.29, 0.717) is 5.69 Å². The summed E-state index contributed by atoms with van der Waals surface area (Å²) in [7, 11) is 0. The first-order chi connectivity index (χ1) is 4.24. The van der Waals surface area contributed by atoms with Crippen LogP contribution in [0, 0.1) is 11.3 Å². The lowest BCUT2D eigenvalue weighted by Crippen LogP contribution is -2.07. The summed E-state index contributed by atoms with van der Waals surface area (Å²) in [5, 5.41) is 8.36. The molecule has 0 atom stereocenters. The number of halogens is 1. The molecule has 0 amide bonds. The lowest BCUT2D eigenvalue weighted by Gasteiger charge is -1.87. The van der Waals surface area contributed by atoms with E-state index in [1.165, 1.54) is 4.68 Å². The summed E-state index contributed by atoms with van der Waals surface area (Å²) in [4.78, 5) is 0. The second-order valence-corrected chi connectivity index (χ2v) is 2.48. The molecule has 0 aliphatic carbocycles. The fraction of sp³-hybridized carbons (Fsp3) is 0. The van der Waals surface area contributed by atoms with Gasteiger partial charge in [-0.1, -0.05) is 0 Å². The molecule has 0 saturated carbocycles. The van der Waals surface area contributed by atoms with Crippen LogP contribution in [0.1, 0.15) is 5.69 Å². The van der Waals surface area contributed by atoms with Gasteiger partial charge in [-0.2, -0.15) is 5.26 Å². The smallest absolute Gasteiger partial charge is 0.140 e. The van der Waals surface area contributed by atoms with Crippen LogP contribution in [-0.4, -0.2) is 4.68 Å². The van der Waals surface area contributed by atoms with E-state index in [0.717, 1.165) is 4.47 Å². The highest BCUT2D eigenvalue weighted by atomic mass is 79.9. The van der Waals surface area contributed by atoms with Gasteiger partial charge in [0, 0.05) is 10.7 Å². The number of nitrogens with two attached hydrogens (primary N) is 1. The van der Waals surface area contributed by atoms with Gasteiger partial charge in [0.2, 0.25) is 0 Å². The Bertz CT molecular complexity index is 258. The summed E-state index contributed by atoms with van der Waals surface area (Å²) < 4.78 is 2.09. The Hall–Kier alpha value is -0.950. The minimum atomic E-state index is 0.446. The molecule has 1 heterocycles. The molecule has 1 rings (SSSR count). The molecular weight excluding hydrogens is 182 g/mol. The third-order valence-corrected chi connectivity index (χ3v) is 1.36. The van der Waals surface area contributed by atoms with Crippen molar-refractivity contribution in [2.75, 3.05) is 5.84 Å². The Kier molecular flexibility index (Phi) is 1.45. The Morgan fingerprint density at radius 3 is 2.67 bits per heavy atom. The van der Waals surface area contributed by atoms with Crippen molar-refractivity contribution >= 4 is 15.9 Å². The van der Waals surface area contributed by atoms with Crippen molar-refractivity contribution in [3.05, 3.63) is 22.4 Å². The van der Waals surface area contributed by atoms with Crippen molar-refractivity contribution in [1.29, 1.82) is 5.26 Å². The van der Waals surface area contributed by atoms with Gasteiger partial charge in [-0.3, -0.25) is 4.68 Å². The average molecular weight is 186 g/mol. The molecule has 0 aromatic carbocycles. The van der Waals surface area contributed by atoms with Gasteiger partial charge in [0.25, 0.3) is 0 Å². The molecule has 0 fully saturated rings. The molecule has 0 spiro atoms. The lowest BCUT2D eigenvalue weighted by atomic mass is 10.5. The predicted octanol–water partition coefficient (Wildman–Crippen LogP) is 0.836. The molecule has 0 aliphatic heterocycles.